The topological polar surface area (TPSA) is 80.2 Å². The molecule has 1 saturated heterocycles. The van der Waals surface area contributed by atoms with Crippen molar-refractivity contribution in [3.63, 3.8) is 0 Å². The van der Waals surface area contributed by atoms with Gasteiger partial charge in [-0.2, -0.15) is 0 Å². The number of aliphatic hydroxyl groups is 1. The first-order chi connectivity index (χ1) is 11.2. The second kappa shape index (κ2) is 7.02. The summed E-state index contributed by atoms with van der Waals surface area (Å²) < 4.78 is 5.31. The number of pyridine rings is 1. The molecule has 6 heteroatoms. The SMILES string of the molecule is CCc1cc(NCC2(O)CCOCC2)nc(-c2ccccn2)n1. The molecule has 6 nitrogen and oxygen atoms in total. The molecule has 1 aliphatic heterocycles. The molecule has 0 amide bonds. The molecule has 0 radical (unpaired) electrons. The number of aromatic nitrogens is 3. The van der Waals surface area contributed by atoms with Crippen LogP contribution in [0.25, 0.3) is 11.5 Å². The molecule has 0 spiro atoms. The zero-order chi connectivity index (χ0) is 16.1. The maximum Gasteiger partial charge on any atom is 0.180 e. The molecule has 1 fully saturated rings. The van der Waals surface area contributed by atoms with E-state index in [-0.39, 0.29) is 0 Å². The maximum absolute atomic E-state index is 10.5. The van der Waals surface area contributed by atoms with Crippen LogP contribution >= 0.6 is 0 Å². The third kappa shape index (κ3) is 4.03. The fourth-order valence-corrected chi connectivity index (χ4v) is 2.56. The molecule has 2 N–H and O–H groups in total. The van der Waals surface area contributed by atoms with E-state index < -0.39 is 5.60 Å². The van der Waals surface area contributed by atoms with E-state index in [4.69, 9.17) is 4.74 Å². The second-order valence-corrected chi connectivity index (χ2v) is 5.83. The largest absolute Gasteiger partial charge is 0.388 e. The molecule has 2 aromatic rings. The third-order valence-electron chi connectivity index (χ3n) is 4.06. The molecule has 0 saturated carbocycles. The van der Waals surface area contributed by atoms with Crippen LogP contribution in [0.1, 0.15) is 25.5 Å². The van der Waals surface area contributed by atoms with Gasteiger partial charge in [-0.05, 0) is 18.6 Å². The van der Waals surface area contributed by atoms with Gasteiger partial charge in [-0.3, -0.25) is 4.98 Å². The average Bonchev–Trinajstić information content (AvgIpc) is 2.61. The summed E-state index contributed by atoms with van der Waals surface area (Å²) in [6.45, 7) is 3.71. The van der Waals surface area contributed by atoms with E-state index in [2.05, 4.69) is 27.2 Å². The van der Waals surface area contributed by atoms with Crippen LogP contribution in [0.2, 0.25) is 0 Å². The molecule has 122 valence electrons. The Kier molecular flexibility index (Phi) is 4.83. The molecular weight excluding hydrogens is 292 g/mol. The Bertz CT molecular complexity index is 642. The second-order valence-electron chi connectivity index (χ2n) is 5.83. The van der Waals surface area contributed by atoms with Crippen LogP contribution in [-0.4, -0.2) is 45.4 Å². The Labute approximate surface area is 136 Å². The fraction of sp³-hybridized carbons (Fsp3) is 0.471. The van der Waals surface area contributed by atoms with Crippen LogP contribution in [0.4, 0.5) is 5.82 Å². The van der Waals surface area contributed by atoms with Crippen LogP contribution in [-0.2, 0) is 11.2 Å². The van der Waals surface area contributed by atoms with Gasteiger partial charge in [0, 0.05) is 50.6 Å². The average molecular weight is 314 g/mol. The van der Waals surface area contributed by atoms with E-state index in [0.29, 0.717) is 38.4 Å². The van der Waals surface area contributed by atoms with Crippen LogP contribution in [0.3, 0.4) is 0 Å². The number of hydrogen-bond acceptors (Lipinski definition) is 6. The predicted octanol–water partition coefficient (Wildman–Crippen LogP) is 2.05. The van der Waals surface area contributed by atoms with E-state index in [1.54, 1.807) is 6.20 Å². The Morgan fingerprint density at radius 2 is 2.09 bits per heavy atom. The van der Waals surface area contributed by atoms with Gasteiger partial charge in [0.2, 0.25) is 0 Å². The summed E-state index contributed by atoms with van der Waals surface area (Å²) in [5, 5.41) is 13.8. The molecule has 0 bridgehead atoms. The van der Waals surface area contributed by atoms with Gasteiger partial charge in [0.25, 0.3) is 0 Å². The Balaban J connectivity index is 1.79. The number of hydrogen-bond donors (Lipinski definition) is 2. The summed E-state index contributed by atoms with van der Waals surface area (Å²) in [6, 6.07) is 7.61. The molecule has 0 aliphatic carbocycles. The lowest BCUT2D eigenvalue weighted by atomic mass is 9.94. The van der Waals surface area contributed by atoms with E-state index in [1.165, 1.54) is 0 Å². The Morgan fingerprint density at radius 3 is 2.78 bits per heavy atom. The predicted molar refractivity (Wildman–Crippen MR) is 88.1 cm³/mol. The van der Waals surface area contributed by atoms with Crippen molar-refractivity contribution in [2.75, 3.05) is 25.1 Å². The minimum Gasteiger partial charge on any atom is -0.388 e. The number of nitrogens with zero attached hydrogens (tertiary/aromatic N) is 3. The van der Waals surface area contributed by atoms with Gasteiger partial charge in [0.1, 0.15) is 11.5 Å². The molecular formula is C17H22N4O2. The quantitative estimate of drug-likeness (QED) is 0.879. The zero-order valence-electron chi connectivity index (χ0n) is 13.3. The van der Waals surface area contributed by atoms with Crippen molar-refractivity contribution < 1.29 is 9.84 Å². The highest BCUT2D eigenvalue weighted by Crippen LogP contribution is 2.22. The first kappa shape index (κ1) is 15.8. The zero-order valence-corrected chi connectivity index (χ0v) is 13.3. The lowest BCUT2D eigenvalue weighted by Crippen LogP contribution is -2.42. The fourth-order valence-electron chi connectivity index (χ4n) is 2.56. The first-order valence-corrected chi connectivity index (χ1v) is 8.02. The molecule has 23 heavy (non-hydrogen) atoms. The van der Waals surface area contributed by atoms with Crippen LogP contribution in [0.15, 0.2) is 30.5 Å². The summed E-state index contributed by atoms with van der Waals surface area (Å²) >= 11 is 0. The van der Waals surface area contributed by atoms with Crippen molar-refractivity contribution in [3.8, 4) is 11.5 Å². The molecule has 3 heterocycles. The van der Waals surface area contributed by atoms with Crippen LogP contribution < -0.4 is 5.32 Å². The molecule has 1 aliphatic rings. The standard InChI is InChI=1S/C17H22N4O2/c1-2-13-11-15(19-12-17(22)6-9-23-10-7-17)21-16(20-13)14-5-3-4-8-18-14/h3-5,8,11,22H,2,6-7,9-10,12H2,1H3,(H,19,20,21). The lowest BCUT2D eigenvalue weighted by molar-refractivity contribution is -0.0543. The molecule has 0 aromatic carbocycles. The van der Waals surface area contributed by atoms with Crippen molar-refractivity contribution >= 4 is 5.82 Å². The highest BCUT2D eigenvalue weighted by atomic mass is 16.5. The number of aryl methyl sites for hydroxylation is 1. The van der Waals surface area contributed by atoms with E-state index in [9.17, 15) is 5.11 Å². The van der Waals surface area contributed by atoms with Crippen molar-refractivity contribution in [2.24, 2.45) is 0 Å². The summed E-state index contributed by atoms with van der Waals surface area (Å²) in [6.07, 6.45) is 3.82. The van der Waals surface area contributed by atoms with Gasteiger partial charge < -0.3 is 15.2 Å². The van der Waals surface area contributed by atoms with Crippen LogP contribution in [0, 0.1) is 0 Å². The highest BCUT2D eigenvalue weighted by Gasteiger charge is 2.29. The van der Waals surface area contributed by atoms with Crippen LogP contribution in [0.5, 0.6) is 0 Å². The van der Waals surface area contributed by atoms with Gasteiger partial charge in [-0.15, -0.1) is 0 Å². The highest BCUT2D eigenvalue weighted by molar-refractivity contribution is 5.53. The number of rotatable bonds is 5. The van der Waals surface area contributed by atoms with Crippen molar-refractivity contribution in [2.45, 2.75) is 31.8 Å². The summed E-state index contributed by atoms with van der Waals surface area (Å²) in [5.74, 6) is 1.32. The summed E-state index contributed by atoms with van der Waals surface area (Å²) in [4.78, 5) is 13.4. The van der Waals surface area contributed by atoms with Crippen molar-refractivity contribution in [1.29, 1.82) is 0 Å². The monoisotopic (exact) mass is 314 g/mol. The van der Waals surface area contributed by atoms with E-state index in [1.807, 2.05) is 24.3 Å². The normalized spacial score (nSPS) is 17.0. The van der Waals surface area contributed by atoms with Gasteiger partial charge >= 0.3 is 0 Å². The summed E-state index contributed by atoms with van der Waals surface area (Å²) in [5.41, 5.74) is 0.957. The number of nitrogens with one attached hydrogen (secondary N) is 1. The van der Waals surface area contributed by atoms with Crippen molar-refractivity contribution in [3.05, 3.63) is 36.2 Å². The Morgan fingerprint density at radius 1 is 1.26 bits per heavy atom. The van der Waals surface area contributed by atoms with E-state index >= 15 is 0 Å². The van der Waals surface area contributed by atoms with Gasteiger partial charge in [-0.25, -0.2) is 9.97 Å². The summed E-state index contributed by atoms with van der Waals surface area (Å²) in [7, 11) is 0. The molecule has 3 rings (SSSR count). The van der Waals surface area contributed by atoms with Gasteiger partial charge in [0.05, 0.1) is 5.60 Å². The van der Waals surface area contributed by atoms with Gasteiger partial charge in [-0.1, -0.05) is 13.0 Å². The lowest BCUT2D eigenvalue weighted by Gasteiger charge is -2.32. The number of anilines is 1. The first-order valence-electron chi connectivity index (χ1n) is 8.02. The van der Waals surface area contributed by atoms with E-state index in [0.717, 1.165) is 23.6 Å². The molecule has 2 aromatic heterocycles. The minimum atomic E-state index is -0.735. The number of ether oxygens (including phenoxy) is 1. The Hall–Kier alpha value is -2.05. The minimum absolute atomic E-state index is 0.457. The molecule has 0 atom stereocenters. The third-order valence-corrected chi connectivity index (χ3v) is 4.06. The maximum atomic E-state index is 10.5. The molecule has 0 unspecified atom stereocenters. The smallest absolute Gasteiger partial charge is 0.180 e. The van der Waals surface area contributed by atoms with Crippen molar-refractivity contribution in [1.82, 2.24) is 15.0 Å². The van der Waals surface area contributed by atoms with Gasteiger partial charge in [0.15, 0.2) is 5.82 Å².